The lowest BCUT2D eigenvalue weighted by molar-refractivity contribution is 0.174. The third-order valence-corrected chi connectivity index (χ3v) is 3.94. The molecule has 0 aromatic heterocycles. The fourth-order valence-electron chi connectivity index (χ4n) is 2.09. The molecule has 1 heterocycles. The van der Waals surface area contributed by atoms with Gasteiger partial charge in [0.1, 0.15) is 0 Å². The largest absolute Gasteiger partial charge is 0.504 e. The molecule has 3 rings (SSSR count). The van der Waals surface area contributed by atoms with Crippen LogP contribution in [-0.2, 0) is 6.54 Å². The van der Waals surface area contributed by atoms with Gasteiger partial charge in [0.15, 0.2) is 23.0 Å². The van der Waals surface area contributed by atoms with Crippen LogP contribution in [0, 0.1) is 0 Å². The van der Waals surface area contributed by atoms with Gasteiger partial charge in [-0.15, -0.1) is 0 Å². The number of methoxy groups -OCH3 is 1. The maximum atomic E-state index is 9.76. The first-order valence-electron chi connectivity index (χ1n) is 6.36. The summed E-state index contributed by atoms with van der Waals surface area (Å²) in [6, 6.07) is 9.01. The van der Waals surface area contributed by atoms with E-state index in [0.717, 1.165) is 27.2 Å². The number of aromatic hydroxyl groups is 1. The first kappa shape index (κ1) is 13.9. The highest BCUT2D eigenvalue weighted by atomic mass is 79.9. The van der Waals surface area contributed by atoms with Gasteiger partial charge in [-0.1, -0.05) is 15.9 Å². The zero-order valence-electron chi connectivity index (χ0n) is 11.4. The molecule has 0 aliphatic carbocycles. The minimum absolute atomic E-state index is 0.104. The Bertz CT molecular complexity index is 675. The van der Waals surface area contributed by atoms with Crippen molar-refractivity contribution in [1.29, 1.82) is 0 Å². The molecule has 0 spiro atoms. The van der Waals surface area contributed by atoms with E-state index in [4.69, 9.17) is 14.2 Å². The van der Waals surface area contributed by atoms with E-state index in [1.165, 1.54) is 7.11 Å². The molecule has 0 saturated carbocycles. The van der Waals surface area contributed by atoms with Gasteiger partial charge in [-0.3, -0.25) is 0 Å². The van der Waals surface area contributed by atoms with Gasteiger partial charge >= 0.3 is 0 Å². The number of fused-ring (bicyclic) bond motifs is 1. The highest BCUT2D eigenvalue weighted by Gasteiger charge is 2.16. The van der Waals surface area contributed by atoms with Crippen molar-refractivity contribution < 1.29 is 19.3 Å². The van der Waals surface area contributed by atoms with Crippen molar-refractivity contribution in [3.05, 3.63) is 40.4 Å². The Morgan fingerprint density at radius 1 is 1.24 bits per heavy atom. The van der Waals surface area contributed by atoms with E-state index in [-0.39, 0.29) is 12.5 Å². The third kappa shape index (κ3) is 2.85. The molecule has 1 aliphatic heterocycles. The molecule has 2 N–H and O–H groups in total. The lowest BCUT2D eigenvalue weighted by atomic mass is 10.2. The van der Waals surface area contributed by atoms with Crippen LogP contribution in [0.25, 0.3) is 0 Å². The molecule has 21 heavy (non-hydrogen) atoms. The van der Waals surface area contributed by atoms with Crippen molar-refractivity contribution in [2.75, 3.05) is 19.2 Å². The molecule has 6 heteroatoms. The number of rotatable bonds is 4. The van der Waals surface area contributed by atoms with Gasteiger partial charge in [0.25, 0.3) is 0 Å². The van der Waals surface area contributed by atoms with E-state index in [9.17, 15) is 5.11 Å². The van der Waals surface area contributed by atoms with E-state index >= 15 is 0 Å². The zero-order valence-corrected chi connectivity index (χ0v) is 12.9. The van der Waals surface area contributed by atoms with E-state index in [1.54, 1.807) is 12.1 Å². The maximum Gasteiger partial charge on any atom is 0.231 e. The molecule has 5 nitrogen and oxygen atoms in total. The Balaban J connectivity index is 1.74. The van der Waals surface area contributed by atoms with Crippen molar-refractivity contribution >= 4 is 21.6 Å². The van der Waals surface area contributed by atoms with Crippen LogP contribution < -0.4 is 19.5 Å². The van der Waals surface area contributed by atoms with Crippen molar-refractivity contribution in [3.63, 3.8) is 0 Å². The lowest BCUT2D eigenvalue weighted by Gasteiger charge is -2.11. The summed E-state index contributed by atoms with van der Waals surface area (Å²) in [6.07, 6.45) is 0. The summed E-state index contributed by atoms with van der Waals surface area (Å²) >= 11 is 3.52. The molecule has 1 aliphatic rings. The minimum Gasteiger partial charge on any atom is -0.504 e. The van der Waals surface area contributed by atoms with Crippen LogP contribution in [0.3, 0.4) is 0 Å². The van der Waals surface area contributed by atoms with Crippen molar-refractivity contribution in [3.8, 4) is 23.0 Å². The molecular weight excluding hydrogens is 338 g/mol. The first-order chi connectivity index (χ1) is 10.2. The maximum absolute atomic E-state index is 9.76. The lowest BCUT2D eigenvalue weighted by Crippen LogP contribution is -2.00. The summed E-state index contributed by atoms with van der Waals surface area (Å²) in [4.78, 5) is 0. The topological polar surface area (TPSA) is 60.0 Å². The summed E-state index contributed by atoms with van der Waals surface area (Å²) in [6.45, 7) is 0.841. The van der Waals surface area contributed by atoms with E-state index < -0.39 is 0 Å². The van der Waals surface area contributed by atoms with Crippen LogP contribution in [0.1, 0.15) is 5.56 Å². The second-order valence-corrected chi connectivity index (χ2v) is 5.39. The number of hydrogen-bond donors (Lipinski definition) is 2. The predicted molar refractivity (Wildman–Crippen MR) is 82.3 cm³/mol. The molecule has 0 atom stereocenters. The fraction of sp³-hybridized carbons (Fsp3) is 0.200. The zero-order chi connectivity index (χ0) is 14.8. The SMILES string of the molecule is COc1ccc(NCc2cc3c(cc2Br)OCO3)cc1O. The molecule has 0 fully saturated rings. The third-order valence-electron chi connectivity index (χ3n) is 3.20. The van der Waals surface area contributed by atoms with Crippen molar-refractivity contribution in [1.82, 2.24) is 0 Å². The smallest absolute Gasteiger partial charge is 0.231 e. The highest BCUT2D eigenvalue weighted by molar-refractivity contribution is 9.10. The summed E-state index contributed by atoms with van der Waals surface area (Å²) in [5.74, 6) is 2.04. The average molecular weight is 352 g/mol. The summed E-state index contributed by atoms with van der Waals surface area (Å²) < 4.78 is 16.6. The molecule has 0 amide bonds. The Kier molecular flexibility index (Phi) is 3.79. The predicted octanol–water partition coefficient (Wildman–Crippen LogP) is 3.50. The standard InChI is InChI=1S/C15H14BrNO4/c1-19-13-3-2-10(5-12(13)18)17-7-9-4-14-15(6-11(9)16)21-8-20-14/h2-6,17-18H,7-8H2,1H3. The number of anilines is 1. The first-order valence-corrected chi connectivity index (χ1v) is 7.15. The van der Waals surface area contributed by atoms with Gasteiger partial charge < -0.3 is 24.6 Å². The molecule has 0 bridgehead atoms. The van der Waals surface area contributed by atoms with E-state index in [1.807, 2.05) is 18.2 Å². The van der Waals surface area contributed by atoms with Crippen molar-refractivity contribution in [2.45, 2.75) is 6.54 Å². The van der Waals surface area contributed by atoms with Crippen LogP contribution in [0.2, 0.25) is 0 Å². The quantitative estimate of drug-likeness (QED) is 0.882. The summed E-state index contributed by atoms with van der Waals surface area (Å²) in [5, 5.41) is 13.0. The normalized spacial score (nSPS) is 12.3. The van der Waals surface area contributed by atoms with E-state index in [0.29, 0.717) is 12.3 Å². The Morgan fingerprint density at radius 3 is 2.71 bits per heavy atom. The number of halogens is 1. The molecule has 110 valence electrons. The Hall–Kier alpha value is -2.08. The summed E-state index contributed by atoms with van der Waals surface area (Å²) in [7, 11) is 1.52. The second-order valence-electron chi connectivity index (χ2n) is 4.54. The highest BCUT2D eigenvalue weighted by Crippen LogP contribution is 2.37. The van der Waals surface area contributed by atoms with E-state index in [2.05, 4.69) is 21.2 Å². The van der Waals surface area contributed by atoms with Gasteiger partial charge in [-0.05, 0) is 29.8 Å². The fourth-order valence-corrected chi connectivity index (χ4v) is 2.55. The number of phenolic OH excluding ortho intramolecular Hbond substituents is 1. The van der Waals surface area contributed by atoms with Crippen LogP contribution in [-0.4, -0.2) is 19.0 Å². The molecule has 2 aromatic rings. The molecule has 2 aromatic carbocycles. The molecule has 0 saturated heterocycles. The Morgan fingerprint density at radius 2 is 2.00 bits per heavy atom. The van der Waals surface area contributed by atoms with Crippen molar-refractivity contribution in [2.24, 2.45) is 0 Å². The monoisotopic (exact) mass is 351 g/mol. The molecule has 0 unspecified atom stereocenters. The van der Waals surface area contributed by atoms with Gasteiger partial charge in [-0.2, -0.15) is 0 Å². The van der Waals surface area contributed by atoms with Gasteiger partial charge in [-0.25, -0.2) is 0 Å². The Labute approximate surface area is 130 Å². The minimum atomic E-state index is 0.104. The van der Waals surface area contributed by atoms with Crippen LogP contribution in [0.15, 0.2) is 34.8 Å². The number of hydrogen-bond acceptors (Lipinski definition) is 5. The second kappa shape index (κ2) is 5.73. The van der Waals surface area contributed by atoms with Crippen LogP contribution in [0.4, 0.5) is 5.69 Å². The van der Waals surface area contributed by atoms with Crippen LogP contribution >= 0.6 is 15.9 Å². The summed E-state index contributed by atoms with van der Waals surface area (Å²) in [5.41, 5.74) is 1.84. The number of ether oxygens (including phenoxy) is 3. The van der Waals surface area contributed by atoms with Gasteiger partial charge in [0.2, 0.25) is 6.79 Å². The number of benzene rings is 2. The van der Waals surface area contributed by atoms with Gasteiger partial charge in [0, 0.05) is 22.8 Å². The number of nitrogens with one attached hydrogen (secondary N) is 1. The van der Waals surface area contributed by atoms with Crippen LogP contribution in [0.5, 0.6) is 23.0 Å². The van der Waals surface area contributed by atoms with Gasteiger partial charge in [0.05, 0.1) is 7.11 Å². The average Bonchev–Trinajstić information content (AvgIpc) is 2.92. The number of phenols is 1. The molecular formula is C15H14BrNO4. The molecule has 0 radical (unpaired) electrons.